The van der Waals surface area contributed by atoms with Crippen LogP contribution in [0.2, 0.25) is 5.02 Å². The number of aromatic amines is 1. The predicted octanol–water partition coefficient (Wildman–Crippen LogP) is 3.51. The summed E-state index contributed by atoms with van der Waals surface area (Å²) in [6, 6.07) is 4.40. The lowest BCUT2D eigenvalue weighted by atomic mass is 9.99. The number of aliphatic imine (C=N–C) groups is 1. The summed E-state index contributed by atoms with van der Waals surface area (Å²) in [7, 11) is 0. The van der Waals surface area contributed by atoms with Crippen molar-refractivity contribution in [2.75, 3.05) is 18.8 Å². The first-order valence-corrected chi connectivity index (χ1v) is 10.1. The molecule has 1 atom stereocenters. The number of imidazole rings is 1. The number of rotatable bonds is 4. The van der Waals surface area contributed by atoms with E-state index in [0.717, 1.165) is 0 Å². The largest absolute Gasteiger partial charge is 0.465 e. The van der Waals surface area contributed by atoms with Crippen LogP contribution in [-0.2, 0) is 0 Å². The Labute approximate surface area is 185 Å². The third-order valence-corrected chi connectivity index (χ3v) is 5.78. The number of allylic oxidation sites excluding steroid dienone is 1. The summed E-state index contributed by atoms with van der Waals surface area (Å²) in [5.41, 5.74) is 7.35. The predicted molar refractivity (Wildman–Crippen MR) is 114 cm³/mol. The molecule has 0 aliphatic carbocycles. The van der Waals surface area contributed by atoms with Gasteiger partial charge in [0.25, 0.3) is 5.89 Å². The summed E-state index contributed by atoms with van der Waals surface area (Å²) in [4.78, 5) is 28.2. The normalized spacial score (nSPS) is 18.5. The van der Waals surface area contributed by atoms with Gasteiger partial charge >= 0.3 is 6.09 Å². The van der Waals surface area contributed by atoms with E-state index in [9.17, 15) is 9.18 Å². The summed E-state index contributed by atoms with van der Waals surface area (Å²) < 4.78 is 19.5. The molecular weight excluding hydrogens is 441 g/mol. The van der Waals surface area contributed by atoms with Crippen molar-refractivity contribution in [3.05, 3.63) is 52.5 Å². The number of nitrogens with two attached hydrogens (primary N) is 1. The van der Waals surface area contributed by atoms with Gasteiger partial charge in [-0.05, 0) is 18.6 Å². The number of carboxylic acid groups (broad SMARTS) is 1. The fourth-order valence-corrected chi connectivity index (χ4v) is 3.94. The molecule has 0 spiro atoms. The van der Waals surface area contributed by atoms with E-state index in [1.54, 1.807) is 12.3 Å². The summed E-state index contributed by atoms with van der Waals surface area (Å²) in [6.45, 7) is 0.679. The maximum Gasteiger partial charge on any atom is 0.407 e. The Hall–Kier alpha value is -3.73. The van der Waals surface area contributed by atoms with Crippen LogP contribution >= 0.6 is 11.6 Å². The Morgan fingerprint density at radius 1 is 1.34 bits per heavy atom. The zero-order chi connectivity index (χ0) is 22.4. The van der Waals surface area contributed by atoms with Gasteiger partial charge in [0.2, 0.25) is 0 Å². The molecule has 2 aliphatic heterocycles. The Kier molecular flexibility index (Phi) is 4.89. The van der Waals surface area contributed by atoms with Crippen LogP contribution in [-0.4, -0.2) is 55.5 Å². The smallest absolute Gasteiger partial charge is 0.407 e. The monoisotopic (exact) mass is 457 g/mol. The Morgan fingerprint density at radius 3 is 2.84 bits per heavy atom. The first-order chi connectivity index (χ1) is 15.4. The van der Waals surface area contributed by atoms with Crippen LogP contribution in [0, 0.1) is 5.82 Å². The molecule has 5 rings (SSSR count). The molecule has 1 aromatic carbocycles. The lowest BCUT2D eigenvalue weighted by molar-refractivity contribution is 0.102. The molecule has 1 fully saturated rings. The minimum absolute atomic E-state index is 0.0852. The minimum Gasteiger partial charge on any atom is -0.465 e. The molecule has 10 nitrogen and oxygen atoms in total. The maximum absolute atomic E-state index is 14.2. The second-order valence-electron chi connectivity index (χ2n) is 7.53. The standard InChI is InChI=1S/C20H17ClFN7O3/c21-11-2-1-3-12(22)14(11)18-25-15(16(23)26-18)9-4-5-13(24-6-9)19-27-17(28-32-19)10-7-29(8-10)20(30)31/h1-3,5-6,9-10H,4,7-8,23H2,(H,25,26)(H,30,31). The number of nitrogens with zero attached hydrogens (tertiary/aromatic N) is 5. The van der Waals surface area contributed by atoms with Crippen molar-refractivity contribution in [3.8, 4) is 11.4 Å². The number of hydrogen-bond donors (Lipinski definition) is 3. The molecule has 2 aromatic heterocycles. The first kappa shape index (κ1) is 20.2. The minimum atomic E-state index is -0.964. The number of carbonyl (C=O) groups is 1. The number of nitrogens with one attached hydrogen (secondary N) is 1. The van der Waals surface area contributed by atoms with E-state index >= 15 is 0 Å². The van der Waals surface area contributed by atoms with E-state index in [1.165, 1.54) is 17.0 Å². The van der Waals surface area contributed by atoms with Gasteiger partial charge in [-0.15, -0.1) is 0 Å². The van der Waals surface area contributed by atoms with Crippen molar-refractivity contribution in [2.45, 2.75) is 18.3 Å². The average molecular weight is 458 g/mol. The van der Waals surface area contributed by atoms with Crippen LogP contribution in [0.5, 0.6) is 0 Å². The fourth-order valence-electron chi connectivity index (χ4n) is 3.69. The molecule has 0 bridgehead atoms. The van der Waals surface area contributed by atoms with E-state index in [0.29, 0.717) is 36.7 Å². The number of anilines is 1. The topological polar surface area (TPSA) is 147 Å². The Balaban J connectivity index is 1.30. The molecule has 2 aliphatic rings. The van der Waals surface area contributed by atoms with Gasteiger partial charge in [0.05, 0.1) is 22.2 Å². The van der Waals surface area contributed by atoms with E-state index in [-0.39, 0.29) is 40.0 Å². The second kappa shape index (κ2) is 7.75. The second-order valence-corrected chi connectivity index (χ2v) is 7.94. The molecule has 0 saturated carbocycles. The molecule has 3 aromatic rings. The SMILES string of the molecule is Nc1nc(-c2c(F)cccc2Cl)[nH]c1C1C=NC(c2nc(C3CN(C(=O)O)C3)no2)=CC1. The highest BCUT2D eigenvalue weighted by molar-refractivity contribution is 6.33. The van der Waals surface area contributed by atoms with Gasteiger partial charge in [-0.3, -0.25) is 4.99 Å². The van der Waals surface area contributed by atoms with Crippen LogP contribution in [0.3, 0.4) is 0 Å². The highest BCUT2D eigenvalue weighted by Crippen LogP contribution is 2.34. The van der Waals surface area contributed by atoms with Gasteiger partial charge in [-0.1, -0.05) is 28.9 Å². The van der Waals surface area contributed by atoms with Crippen molar-refractivity contribution < 1.29 is 18.8 Å². The molecular formula is C20H17ClFN7O3. The van der Waals surface area contributed by atoms with Crippen LogP contribution in [0.15, 0.2) is 33.8 Å². The third kappa shape index (κ3) is 3.50. The van der Waals surface area contributed by atoms with Crippen LogP contribution in [0.1, 0.15) is 35.7 Å². The highest BCUT2D eigenvalue weighted by Gasteiger charge is 2.35. The molecule has 0 radical (unpaired) electrons. The van der Waals surface area contributed by atoms with Crippen molar-refractivity contribution in [1.82, 2.24) is 25.0 Å². The maximum atomic E-state index is 14.2. The van der Waals surface area contributed by atoms with Crippen LogP contribution < -0.4 is 5.73 Å². The van der Waals surface area contributed by atoms with E-state index in [2.05, 4.69) is 25.1 Å². The zero-order valence-electron chi connectivity index (χ0n) is 16.5. The van der Waals surface area contributed by atoms with Gasteiger partial charge in [0.1, 0.15) is 23.2 Å². The van der Waals surface area contributed by atoms with Gasteiger partial charge in [-0.2, -0.15) is 4.98 Å². The summed E-state index contributed by atoms with van der Waals surface area (Å²) in [6.07, 6.45) is 3.09. The third-order valence-electron chi connectivity index (χ3n) is 5.47. The quantitative estimate of drug-likeness (QED) is 0.543. The van der Waals surface area contributed by atoms with Crippen molar-refractivity contribution >= 4 is 35.4 Å². The number of H-pyrrole nitrogens is 1. The van der Waals surface area contributed by atoms with Gasteiger partial charge in [0.15, 0.2) is 5.82 Å². The van der Waals surface area contributed by atoms with Gasteiger partial charge in [0, 0.05) is 25.2 Å². The van der Waals surface area contributed by atoms with E-state index in [1.807, 2.05) is 6.08 Å². The summed E-state index contributed by atoms with van der Waals surface area (Å²) >= 11 is 6.13. The molecule has 164 valence electrons. The number of benzene rings is 1. The van der Waals surface area contributed by atoms with Gasteiger partial charge in [-0.25, -0.2) is 14.2 Å². The number of likely N-dealkylation sites (tertiary alicyclic amines) is 1. The van der Waals surface area contributed by atoms with E-state index < -0.39 is 11.9 Å². The summed E-state index contributed by atoms with van der Waals surface area (Å²) in [5, 5.41) is 13.1. The molecule has 4 N–H and O–H groups in total. The molecule has 12 heteroatoms. The Morgan fingerprint density at radius 2 is 2.16 bits per heavy atom. The number of nitrogen functional groups attached to an aromatic ring is 1. The summed E-state index contributed by atoms with van der Waals surface area (Å²) in [5.74, 6) is 0.422. The Bertz CT molecular complexity index is 1240. The molecule has 4 heterocycles. The molecule has 1 saturated heterocycles. The van der Waals surface area contributed by atoms with E-state index in [4.69, 9.17) is 27.0 Å². The molecule has 1 unspecified atom stereocenters. The van der Waals surface area contributed by atoms with Crippen LogP contribution in [0.4, 0.5) is 15.0 Å². The molecule has 32 heavy (non-hydrogen) atoms. The average Bonchev–Trinajstić information content (AvgIpc) is 3.34. The highest BCUT2D eigenvalue weighted by atomic mass is 35.5. The number of amides is 1. The van der Waals surface area contributed by atoms with Crippen LogP contribution in [0.25, 0.3) is 17.1 Å². The number of halogens is 2. The first-order valence-electron chi connectivity index (χ1n) is 9.76. The van der Waals surface area contributed by atoms with Crippen molar-refractivity contribution in [3.63, 3.8) is 0 Å². The van der Waals surface area contributed by atoms with Crippen molar-refractivity contribution in [1.29, 1.82) is 0 Å². The zero-order valence-corrected chi connectivity index (χ0v) is 17.3. The number of aromatic nitrogens is 4. The lowest BCUT2D eigenvalue weighted by Crippen LogP contribution is -2.48. The van der Waals surface area contributed by atoms with Crippen molar-refractivity contribution in [2.24, 2.45) is 4.99 Å². The lowest BCUT2D eigenvalue weighted by Gasteiger charge is -2.34. The number of hydrogen-bond acceptors (Lipinski definition) is 7. The molecule has 1 amide bonds. The van der Waals surface area contributed by atoms with Gasteiger partial charge < -0.3 is 25.2 Å². The fraction of sp³-hybridized carbons (Fsp3) is 0.250.